The van der Waals surface area contributed by atoms with E-state index in [1.807, 2.05) is 0 Å². The fraction of sp³-hybridized carbons (Fsp3) is 0.500. The quantitative estimate of drug-likeness (QED) is 0.846. The first-order valence-electron chi connectivity index (χ1n) is 7.91. The van der Waals surface area contributed by atoms with Crippen molar-refractivity contribution in [2.24, 2.45) is 0 Å². The first-order chi connectivity index (χ1) is 12.0. The van der Waals surface area contributed by atoms with Crippen LogP contribution in [0.1, 0.15) is 19.4 Å². The summed E-state index contributed by atoms with van der Waals surface area (Å²) in [6.07, 6.45) is -1.37. The number of aliphatic hydroxyl groups is 1. The number of phenolic OH excluding ortho intramolecular Hbond substituents is 1. The fourth-order valence-corrected chi connectivity index (χ4v) is 2.68. The molecule has 2 amide bonds. The summed E-state index contributed by atoms with van der Waals surface area (Å²) in [6, 6.07) is 2.14. The number of fused-ring (bicyclic) bond motifs is 1. The number of aromatic hydroxyl groups is 1. The minimum Gasteiger partial charge on any atom is -0.504 e. The van der Waals surface area contributed by atoms with Crippen LogP contribution in [0.3, 0.4) is 0 Å². The molecule has 0 spiro atoms. The number of hydrogen-bond acceptors (Lipinski definition) is 7. The van der Waals surface area contributed by atoms with E-state index < -0.39 is 24.8 Å². The minimum atomic E-state index is -0.820. The van der Waals surface area contributed by atoms with Gasteiger partial charge in [0.1, 0.15) is 0 Å². The first-order valence-corrected chi connectivity index (χ1v) is 7.91. The molecule has 0 aromatic heterocycles. The molecule has 138 valence electrons. The number of amides is 2. The summed E-state index contributed by atoms with van der Waals surface area (Å²) < 4.78 is 15.1. The minimum absolute atomic E-state index is 0.0905. The van der Waals surface area contributed by atoms with Gasteiger partial charge < -0.3 is 24.4 Å². The van der Waals surface area contributed by atoms with Crippen LogP contribution >= 0.6 is 0 Å². The monoisotopic (exact) mass is 354 g/mol. The van der Waals surface area contributed by atoms with E-state index in [1.165, 1.54) is 13.2 Å². The average molecular weight is 354 g/mol. The number of nitrogens with zero attached hydrogens (tertiary/aromatic N) is 2. The molecule has 2 N–H and O–H groups in total. The predicted molar refractivity (Wildman–Crippen MR) is 87.6 cm³/mol. The highest BCUT2D eigenvalue weighted by atomic mass is 16.6. The van der Waals surface area contributed by atoms with Gasteiger partial charge in [0, 0.05) is 6.07 Å². The lowest BCUT2D eigenvalue weighted by atomic mass is 10.00. The van der Waals surface area contributed by atoms with Gasteiger partial charge in [-0.3, -0.25) is 0 Å². The Hall–Kier alpha value is -2.68. The van der Waals surface area contributed by atoms with E-state index in [0.717, 1.165) is 10.0 Å². The molecule has 0 saturated heterocycles. The van der Waals surface area contributed by atoms with Crippen molar-refractivity contribution in [2.45, 2.75) is 26.3 Å². The Balaban J connectivity index is 2.58. The molecule has 25 heavy (non-hydrogen) atoms. The lowest BCUT2D eigenvalue weighted by molar-refractivity contribution is 0.0557. The summed E-state index contributed by atoms with van der Waals surface area (Å²) in [5.41, 5.74) is 0.872. The number of aliphatic hydroxyl groups excluding tert-OH is 1. The SMILES string of the molecule is CCOC(=O)N1c2cc(O)c(OC)cc2C[C@H](CO)N1C(=O)OCC. The zero-order chi connectivity index (χ0) is 18.6. The molecule has 1 aromatic carbocycles. The van der Waals surface area contributed by atoms with Gasteiger partial charge in [0.15, 0.2) is 11.5 Å². The Bertz CT molecular complexity index is 650. The Morgan fingerprint density at radius 1 is 1.20 bits per heavy atom. The van der Waals surface area contributed by atoms with Crippen molar-refractivity contribution in [3.05, 3.63) is 17.7 Å². The summed E-state index contributed by atoms with van der Waals surface area (Å²) in [4.78, 5) is 24.8. The molecular weight excluding hydrogens is 332 g/mol. The molecule has 1 aliphatic rings. The molecule has 1 aromatic rings. The van der Waals surface area contributed by atoms with Crippen molar-refractivity contribution >= 4 is 17.9 Å². The first kappa shape index (κ1) is 18.7. The predicted octanol–water partition coefficient (Wildman–Crippen LogP) is 1.65. The van der Waals surface area contributed by atoms with E-state index in [0.29, 0.717) is 5.56 Å². The number of benzene rings is 1. The molecule has 0 bridgehead atoms. The largest absolute Gasteiger partial charge is 0.504 e. The number of hydrogen-bond donors (Lipinski definition) is 2. The molecule has 1 heterocycles. The van der Waals surface area contributed by atoms with E-state index in [2.05, 4.69) is 0 Å². The molecule has 0 unspecified atom stereocenters. The topological polar surface area (TPSA) is 109 Å². The molecular formula is C16H22N2O7. The summed E-state index contributed by atoms with van der Waals surface area (Å²) in [7, 11) is 1.40. The van der Waals surface area contributed by atoms with Crippen molar-refractivity contribution in [1.82, 2.24) is 5.01 Å². The van der Waals surface area contributed by atoms with Crippen LogP contribution in [0.4, 0.5) is 15.3 Å². The van der Waals surface area contributed by atoms with Gasteiger partial charge in [-0.2, -0.15) is 5.01 Å². The van der Waals surface area contributed by atoms with Gasteiger partial charge in [-0.15, -0.1) is 0 Å². The average Bonchev–Trinajstić information content (AvgIpc) is 2.59. The lowest BCUT2D eigenvalue weighted by Crippen LogP contribution is -2.59. The third kappa shape index (κ3) is 3.55. The Labute approximate surface area is 145 Å². The molecule has 1 atom stereocenters. The van der Waals surface area contributed by atoms with Gasteiger partial charge in [-0.1, -0.05) is 0 Å². The maximum Gasteiger partial charge on any atom is 0.433 e. The zero-order valence-corrected chi connectivity index (χ0v) is 14.4. The van der Waals surface area contributed by atoms with Crippen LogP contribution in [0, 0.1) is 0 Å². The van der Waals surface area contributed by atoms with Gasteiger partial charge >= 0.3 is 12.2 Å². The van der Waals surface area contributed by atoms with Crippen molar-refractivity contribution in [2.75, 3.05) is 31.9 Å². The Morgan fingerprint density at radius 3 is 2.40 bits per heavy atom. The molecule has 0 saturated carbocycles. The molecule has 0 radical (unpaired) electrons. The molecule has 0 aliphatic carbocycles. The highest BCUT2D eigenvalue weighted by molar-refractivity contribution is 5.93. The van der Waals surface area contributed by atoms with Crippen LogP contribution in [0.5, 0.6) is 11.5 Å². The van der Waals surface area contributed by atoms with Crippen LogP contribution in [-0.4, -0.2) is 60.4 Å². The van der Waals surface area contributed by atoms with Crippen LogP contribution in [0.25, 0.3) is 0 Å². The van der Waals surface area contributed by atoms with Gasteiger partial charge in [0.2, 0.25) is 0 Å². The van der Waals surface area contributed by atoms with E-state index in [1.54, 1.807) is 19.9 Å². The second-order valence-corrected chi connectivity index (χ2v) is 5.25. The van der Waals surface area contributed by atoms with Crippen LogP contribution in [0.2, 0.25) is 0 Å². The summed E-state index contributed by atoms with van der Waals surface area (Å²) in [5.74, 6) is 0.0330. The van der Waals surface area contributed by atoms with Crippen molar-refractivity contribution in [3.63, 3.8) is 0 Å². The highest BCUT2D eigenvalue weighted by Crippen LogP contribution is 2.39. The summed E-state index contributed by atoms with van der Waals surface area (Å²) >= 11 is 0. The van der Waals surface area contributed by atoms with E-state index >= 15 is 0 Å². The number of phenols is 1. The van der Waals surface area contributed by atoms with E-state index in [9.17, 15) is 19.8 Å². The number of anilines is 1. The fourth-order valence-electron chi connectivity index (χ4n) is 2.68. The second-order valence-electron chi connectivity index (χ2n) is 5.25. The van der Waals surface area contributed by atoms with Gasteiger partial charge in [-0.05, 0) is 31.9 Å². The Morgan fingerprint density at radius 2 is 1.84 bits per heavy atom. The smallest absolute Gasteiger partial charge is 0.433 e. The van der Waals surface area contributed by atoms with Gasteiger partial charge in [-0.25, -0.2) is 14.6 Å². The van der Waals surface area contributed by atoms with E-state index in [4.69, 9.17) is 14.2 Å². The third-order valence-electron chi connectivity index (χ3n) is 3.73. The van der Waals surface area contributed by atoms with Crippen LogP contribution in [0.15, 0.2) is 12.1 Å². The Kier molecular flexibility index (Phi) is 5.92. The normalized spacial score (nSPS) is 16.2. The zero-order valence-electron chi connectivity index (χ0n) is 14.4. The number of carbonyl (C=O) groups is 2. The highest BCUT2D eigenvalue weighted by Gasteiger charge is 2.41. The molecule has 9 nitrogen and oxygen atoms in total. The molecule has 2 rings (SSSR count). The maximum absolute atomic E-state index is 12.5. The maximum atomic E-state index is 12.5. The van der Waals surface area contributed by atoms with Crippen LogP contribution in [-0.2, 0) is 15.9 Å². The number of methoxy groups -OCH3 is 1. The second kappa shape index (κ2) is 7.93. The standard InChI is InChI=1S/C16H22N2O7/c1-4-24-15(21)17-11(9-19)6-10-7-14(23-3)13(20)8-12(10)18(17)16(22)25-5-2/h7-8,11,19-20H,4-6,9H2,1-3H3/t11-/m1/s1. The molecule has 1 aliphatic heterocycles. The summed E-state index contributed by atoms with van der Waals surface area (Å²) in [6.45, 7) is 3.07. The van der Waals surface area contributed by atoms with Crippen molar-refractivity contribution in [1.29, 1.82) is 0 Å². The number of carbonyl (C=O) groups excluding carboxylic acids is 2. The number of ether oxygens (including phenoxy) is 3. The molecule has 0 fully saturated rings. The third-order valence-corrected chi connectivity index (χ3v) is 3.73. The molecule has 9 heteroatoms. The van der Waals surface area contributed by atoms with E-state index in [-0.39, 0.29) is 36.8 Å². The number of rotatable bonds is 4. The van der Waals surface area contributed by atoms with Crippen LogP contribution < -0.4 is 9.75 Å². The lowest BCUT2D eigenvalue weighted by Gasteiger charge is -2.42. The van der Waals surface area contributed by atoms with Crippen molar-refractivity contribution < 1.29 is 34.0 Å². The number of hydrazine groups is 1. The van der Waals surface area contributed by atoms with Gasteiger partial charge in [0.25, 0.3) is 0 Å². The van der Waals surface area contributed by atoms with Crippen molar-refractivity contribution in [3.8, 4) is 11.5 Å². The van der Waals surface area contributed by atoms with Gasteiger partial charge in [0.05, 0.1) is 38.7 Å². The summed E-state index contributed by atoms with van der Waals surface area (Å²) in [5, 5.41) is 21.7.